The van der Waals surface area contributed by atoms with E-state index in [1.165, 1.54) is 0 Å². The minimum Gasteiger partial charge on any atom is -0.369 e. The highest BCUT2D eigenvalue weighted by molar-refractivity contribution is 5.74. The van der Waals surface area contributed by atoms with Gasteiger partial charge in [0, 0.05) is 18.8 Å². The molecule has 1 saturated heterocycles. The van der Waals surface area contributed by atoms with Crippen molar-refractivity contribution in [2.45, 2.75) is 19.4 Å². The molecule has 5 nitrogen and oxygen atoms in total. The Morgan fingerprint density at radius 3 is 3.06 bits per heavy atom. The molecule has 1 aliphatic rings. The quantitative estimate of drug-likeness (QED) is 0.827. The van der Waals surface area contributed by atoms with Crippen LogP contribution in [0.25, 0.3) is 11.2 Å². The molecule has 0 bridgehead atoms. The van der Waals surface area contributed by atoms with Crippen LogP contribution in [0.15, 0.2) is 18.3 Å². The van der Waals surface area contributed by atoms with E-state index in [1.54, 1.807) is 6.20 Å². The van der Waals surface area contributed by atoms with Crippen LogP contribution in [-0.4, -0.2) is 39.6 Å². The summed E-state index contributed by atoms with van der Waals surface area (Å²) in [5.74, 6) is 1.15. The zero-order valence-electron chi connectivity index (χ0n) is 10.9. The third-order valence-electron chi connectivity index (χ3n) is 3.87. The van der Waals surface area contributed by atoms with Gasteiger partial charge in [0.1, 0.15) is 5.52 Å². The van der Waals surface area contributed by atoms with Gasteiger partial charge in [-0.25, -0.2) is 9.97 Å². The lowest BCUT2D eigenvalue weighted by molar-refractivity contribution is 0.162. The number of rotatable bonds is 1. The van der Waals surface area contributed by atoms with Crippen LogP contribution in [0.2, 0.25) is 0 Å². The Hall–Kier alpha value is -1.62. The molecule has 2 aromatic heterocycles. The Balaban J connectivity index is 2.06. The molecule has 0 amide bonds. The number of pyridine rings is 1. The van der Waals surface area contributed by atoms with Crippen molar-refractivity contribution in [3.8, 4) is 0 Å². The lowest BCUT2D eigenvalue weighted by Crippen LogP contribution is -2.38. The van der Waals surface area contributed by atoms with Crippen LogP contribution in [0.3, 0.4) is 0 Å². The van der Waals surface area contributed by atoms with Crippen LogP contribution >= 0.6 is 0 Å². The van der Waals surface area contributed by atoms with Crippen LogP contribution in [-0.2, 0) is 0 Å². The minimum absolute atomic E-state index is 0.404. The molecule has 0 radical (unpaired) electrons. The molecule has 5 heteroatoms. The van der Waals surface area contributed by atoms with Crippen molar-refractivity contribution in [2.75, 3.05) is 25.9 Å². The molecular weight excluding hydrogens is 226 g/mol. The summed E-state index contributed by atoms with van der Waals surface area (Å²) in [4.78, 5) is 11.2. The normalized spacial score (nSPS) is 25.7. The lowest BCUT2D eigenvalue weighted by Gasteiger charge is -2.35. The molecule has 1 aliphatic heterocycles. The highest BCUT2D eigenvalue weighted by Gasteiger charge is 2.28. The maximum absolute atomic E-state index is 6.08. The van der Waals surface area contributed by atoms with E-state index in [4.69, 9.17) is 5.73 Å². The average Bonchev–Trinajstić information content (AvgIpc) is 2.66. The standard InChI is InChI=1S/C13H19N5/c1-9-8-17(2)7-5-11(9)18-12-10(16-13(18)14)4-3-6-15-12/h3-4,6,9,11H,5,7-8H2,1-2H3,(H2,14,16). The Morgan fingerprint density at radius 2 is 2.28 bits per heavy atom. The largest absolute Gasteiger partial charge is 0.369 e. The molecule has 1 fully saturated rings. The first kappa shape index (κ1) is 11.5. The summed E-state index contributed by atoms with van der Waals surface area (Å²) in [6.07, 6.45) is 2.91. The first-order chi connectivity index (χ1) is 8.66. The summed E-state index contributed by atoms with van der Waals surface area (Å²) in [6, 6.07) is 4.27. The highest BCUT2D eigenvalue weighted by atomic mass is 15.2. The second kappa shape index (κ2) is 4.24. The number of imidazole rings is 1. The van der Waals surface area contributed by atoms with Crippen molar-refractivity contribution < 1.29 is 0 Å². The molecule has 0 aliphatic carbocycles. The number of piperidine rings is 1. The topological polar surface area (TPSA) is 60.0 Å². The Morgan fingerprint density at radius 1 is 1.44 bits per heavy atom. The Bertz CT molecular complexity index is 562. The smallest absolute Gasteiger partial charge is 0.202 e. The van der Waals surface area contributed by atoms with Gasteiger partial charge in [0.25, 0.3) is 0 Å². The van der Waals surface area contributed by atoms with Gasteiger partial charge in [-0.15, -0.1) is 0 Å². The van der Waals surface area contributed by atoms with Gasteiger partial charge in [-0.2, -0.15) is 0 Å². The monoisotopic (exact) mass is 245 g/mol. The second-order valence-corrected chi connectivity index (χ2v) is 5.28. The summed E-state index contributed by atoms with van der Waals surface area (Å²) in [5.41, 5.74) is 7.88. The van der Waals surface area contributed by atoms with Gasteiger partial charge in [0.05, 0.1) is 0 Å². The number of likely N-dealkylation sites (tertiary alicyclic amines) is 1. The molecule has 2 N–H and O–H groups in total. The fraction of sp³-hybridized carbons (Fsp3) is 0.538. The molecular formula is C13H19N5. The van der Waals surface area contributed by atoms with Gasteiger partial charge < -0.3 is 10.6 Å². The van der Waals surface area contributed by atoms with Crippen molar-refractivity contribution in [1.82, 2.24) is 19.4 Å². The number of nitrogen functional groups attached to an aromatic ring is 1. The van der Waals surface area contributed by atoms with Crippen molar-refractivity contribution in [3.05, 3.63) is 18.3 Å². The second-order valence-electron chi connectivity index (χ2n) is 5.28. The first-order valence-electron chi connectivity index (χ1n) is 6.44. The van der Waals surface area contributed by atoms with Gasteiger partial charge in [-0.3, -0.25) is 4.57 Å². The van der Waals surface area contributed by atoms with Gasteiger partial charge in [0.2, 0.25) is 5.95 Å². The zero-order valence-corrected chi connectivity index (χ0v) is 10.9. The number of nitrogens with two attached hydrogens (primary N) is 1. The highest BCUT2D eigenvalue weighted by Crippen LogP contribution is 2.32. The van der Waals surface area contributed by atoms with E-state index in [2.05, 4.69) is 33.4 Å². The summed E-state index contributed by atoms with van der Waals surface area (Å²) in [6.45, 7) is 4.46. The van der Waals surface area contributed by atoms with Crippen molar-refractivity contribution in [1.29, 1.82) is 0 Å². The van der Waals surface area contributed by atoms with Crippen molar-refractivity contribution in [2.24, 2.45) is 5.92 Å². The van der Waals surface area contributed by atoms with E-state index < -0.39 is 0 Å². The van der Waals surface area contributed by atoms with Gasteiger partial charge in [-0.1, -0.05) is 6.92 Å². The predicted molar refractivity (Wildman–Crippen MR) is 72.3 cm³/mol. The van der Waals surface area contributed by atoms with E-state index in [-0.39, 0.29) is 0 Å². The SMILES string of the molecule is CC1CN(C)CCC1n1c(N)nc2cccnc21. The molecule has 2 aromatic rings. The maximum atomic E-state index is 6.08. The summed E-state index contributed by atoms with van der Waals surface area (Å²) < 4.78 is 2.12. The van der Waals surface area contributed by atoms with Crippen LogP contribution in [0, 0.1) is 5.92 Å². The molecule has 0 spiro atoms. The Labute approximate surface area is 107 Å². The lowest BCUT2D eigenvalue weighted by atomic mass is 9.94. The first-order valence-corrected chi connectivity index (χ1v) is 6.44. The van der Waals surface area contributed by atoms with Crippen LogP contribution < -0.4 is 5.73 Å². The summed E-state index contributed by atoms with van der Waals surface area (Å²) in [7, 11) is 2.17. The van der Waals surface area contributed by atoms with Crippen molar-refractivity contribution in [3.63, 3.8) is 0 Å². The number of nitrogens with zero attached hydrogens (tertiary/aromatic N) is 4. The van der Waals surface area contributed by atoms with Gasteiger partial charge in [0.15, 0.2) is 5.65 Å². The molecule has 2 unspecified atom stereocenters. The Kier molecular flexibility index (Phi) is 2.70. The van der Waals surface area contributed by atoms with E-state index >= 15 is 0 Å². The van der Waals surface area contributed by atoms with Gasteiger partial charge in [-0.05, 0) is 38.1 Å². The predicted octanol–water partition coefficient (Wildman–Crippen LogP) is 1.53. The average molecular weight is 245 g/mol. The molecule has 2 atom stereocenters. The molecule has 0 aromatic carbocycles. The molecule has 0 saturated carbocycles. The van der Waals surface area contributed by atoms with Crippen LogP contribution in [0.5, 0.6) is 0 Å². The van der Waals surface area contributed by atoms with Crippen LogP contribution in [0.4, 0.5) is 5.95 Å². The molecule has 3 heterocycles. The molecule has 96 valence electrons. The number of hydrogen-bond donors (Lipinski definition) is 1. The minimum atomic E-state index is 0.404. The van der Waals surface area contributed by atoms with E-state index in [0.29, 0.717) is 17.9 Å². The number of anilines is 1. The van der Waals surface area contributed by atoms with Crippen LogP contribution in [0.1, 0.15) is 19.4 Å². The van der Waals surface area contributed by atoms with Gasteiger partial charge >= 0.3 is 0 Å². The molecule has 3 rings (SSSR count). The third-order valence-corrected chi connectivity index (χ3v) is 3.87. The summed E-state index contributed by atoms with van der Waals surface area (Å²) in [5, 5.41) is 0. The fourth-order valence-corrected chi connectivity index (χ4v) is 3.00. The van der Waals surface area contributed by atoms with E-state index in [9.17, 15) is 0 Å². The third kappa shape index (κ3) is 1.75. The number of fused-ring (bicyclic) bond motifs is 1. The van der Waals surface area contributed by atoms with Crippen molar-refractivity contribution >= 4 is 17.1 Å². The fourth-order valence-electron chi connectivity index (χ4n) is 3.00. The number of aromatic nitrogens is 3. The maximum Gasteiger partial charge on any atom is 0.202 e. The summed E-state index contributed by atoms with van der Waals surface area (Å²) >= 11 is 0. The van der Waals surface area contributed by atoms with E-state index in [0.717, 1.165) is 30.7 Å². The molecule has 18 heavy (non-hydrogen) atoms. The van der Waals surface area contributed by atoms with E-state index in [1.807, 2.05) is 12.1 Å². The zero-order chi connectivity index (χ0) is 12.7. The number of hydrogen-bond acceptors (Lipinski definition) is 4.